The molecule has 19 heavy (non-hydrogen) atoms. The largest absolute Gasteiger partial charge is 0.326 e. The topological polar surface area (TPSA) is 72.2 Å². The summed E-state index contributed by atoms with van der Waals surface area (Å²) in [5.41, 5.74) is 6.27. The van der Waals surface area contributed by atoms with Crippen molar-refractivity contribution in [1.82, 2.24) is 0 Å². The van der Waals surface area contributed by atoms with Gasteiger partial charge in [0.05, 0.1) is 10.7 Å². The fourth-order valence-corrected chi connectivity index (χ4v) is 3.76. The number of hydrogen-bond acceptors (Lipinski definition) is 4. The van der Waals surface area contributed by atoms with Crippen molar-refractivity contribution in [2.45, 2.75) is 10.8 Å². The molecule has 3 N–H and O–H groups in total. The van der Waals surface area contributed by atoms with Gasteiger partial charge >= 0.3 is 0 Å². The summed E-state index contributed by atoms with van der Waals surface area (Å²) in [6.45, 7) is 0.265. The molecule has 0 fully saturated rings. The van der Waals surface area contributed by atoms with E-state index in [1.807, 2.05) is 0 Å². The number of nitrogens with one attached hydrogen (secondary N) is 1. The first-order chi connectivity index (χ1) is 8.92. The first kappa shape index (κ1) is 14.3. The van der Waals surface area contributed by atoms with E-state index in [9.17, 15) is 12.8 Å². The van der Waals surface area contributed by atoms with Gasteiger partial charge in [0.15, 0.2) is 0 Å². The van der Waals surface area contributed by atoms with Crippen molar-refractivity contribution in [3.8, 4) is 0 Å². The number of hydrogen-bond donors (Lipinski definition) is 2. The van der Waals surface area contributed by atoms with E-state index < -0.39 is 15.8 Å². The molecule has 0 aliphatic rings. The molecule has 0 amide bonds. The second-order valence-corrected chi connectivity index (χ2v) is 6.94. The molecule has 0 aliphatic carbocycles. The highest BCUT2D eigenvalue weighted by molar-refractivity contribution is 7.94. The molecule has 2 aromatic rings. The monoisotopic (exact) mass is 320 g/mol. The molecule has 0 bridgehead atoms. The highest BCUT2D eigenvalue weighted by Crippen LogP contribution is 2.24. The molecular formula is C11H10ClFN2O2S2. The number of benzene rings is 1. The van der Waals surface area contributed by atoms with E-state index in [4.69, 9.17) is 17.3 Å². The second kappa shape index (κ2) is 5.46. The predicted octanol–water partition coefficient (Wildman–Crippen LogP) is 2.80. The summed E-state index contributed by atoms with van der Waals surface area (Å²) in [5, 5.41) is 1.60. The van der Waals surface area contributed by atoms with Crippen molar-refractivity contribution in [1.29, 1.82) is 0 Å². The molecule has 1 aromatic heterocycles. The van der Waals surface area contributed by atoms with Crippen LogP contribution in [-0.2, 0) is 16.6 Å². The summed E-state index contributed by atoms with van der Waals surface area (Å²) in [6, 6.07) is 5.19. The standard InChI is InChI=1S/C11H10ClFN2O2S2/c12-9-2-1-8(4-10(9)13)15-19(16,17)11-3-7(5-14)6-18-11/h1-4,6,15H,5,14H2. The van der Waals surface area contributed by atoms with E-state index in [-0.39, 0.29) is 21.5 Å². The highest BCUT2D eigenvalue weighted by atomic mass is 35.5. The Labute approximate surface area is 119 Å². The van der Waals surface area contributed by atoms with Crippen LogP contribution in [-0.4, -0.2) is 8.42 Å². The fraction of sp³-hybridized carbons (Fsp3) is 0.0909. The predicted molar refractivity (Wildman–Crippen MR) is 74.4 cm³/mol. The van der Waals surface area contributed by atoms with Crippen molar-refractivity contribution >= 4 is 38.6 Å². The zero-order valence-corrected chi connectivity index (χ0v) is 11.9. The Balaban J connectivity index is 2.28. The van der Waals surface area contributed by atoms with Crippen molar-refractivity contribution in [2.75, 3.05) is 4.72 Å². The van der Waals surface area contributed by atoms with E-state index in [0.717, 1.165) is 23.0 Å². The summed E-state index contributed by atoms with van der Waals surface area (Å²) in [4.78, 5) is 0. The molecule has 8 heteroatoms. The Morgan fingerprint density at radius 3 is 2.68 bits per heavy atom. The molecule has 0 aliphatic heterocycles. The normalized spacial score (nSPS) is 11.5. The minimum atomic E-state index is -3.73. The van der Waals surface area contributed by atoms with Crippen LogP contribution in [0.2, 0.25) is 5.02 Å². The Morgan fingerprint density at radius 1 is 1.37 bits per heavy atom. The van der Waals surface area contributed by atoms with Crippen LogP contribution in [0.25, 0.3) is 0 Å². The maximum atomic E-state index is 13.2. The highest BCUT2D eigenvalue weighted by Gasteiger charge is 2.17. The lowest BCUT2D eigenvalue weighted by atomic mass is 10.3. The lowest BCUT2D eigenvalue weighted by Crippen LogP contribution is -2.11. The van der Waals surface area contributed by atoms with Crippen LogP contribution in [0.5, 0.6) is 0 Å². The number of anilines is 1. The zero-order chi connectivity index (χ0) is 14.0. The van der Waals surface area contributed by atoms with Gasteiger partial charge in [0.1, 0.15) is 10.0 Å². The van der Waals surface area contributed by atoms with Gasteiger partial charge in [0.25, 0.3) is 10.0 Å². The SMILES string of the molecule is NCc1csc(S(=O)(=O)Nc2ccc(Cl)c(F)c2)c1. The van der Waals surface area contributed by atoms with Gasteiger partial charge in [0.2, 0.25) is 0 Å². The van der Waals surface area contributed by atoms with Gasteiger partial charge in [-0.2, -0.15) is 0 Å². The molecule has 0 unspecified atom stereocenters. The lowest BCUT2D eigenvalue weighted by Gasteiger charge is -2.06. The number of halogens is 2. The van der Waals surface area contributed by atoms with Crippen LogP contribution >= 0.6 is 22.9 Å². The third kappa shape index (κ3) is 3.24. The van der Waals surface area contributed by atoms with Crippen molar-refractivity contribution < 1.29 is 12.8 Å². The Kier molecular flexibility index (Phi) is 4.10. The number of nitrogens with two attached hydrogens (primary N) is 1. The smallest absolute Gasteiger partial charge is 0.271 e. The summed E-state index contributed by atoms with van der Waals surface area (Å²) < 4.78 is 39.7. The third-order valence-corrected chi connectivity index (χ3v) is 5.48. The first-order valence-corrected chi connectivity index (χ1v) is 7.92. The Hall–Kier alpha value is -1.15. The average molecular weight is 321 g/mol. The number of thiophene rings is 1. The molecular weight excluding hydrogens is 311 g/mol. The first-order valence-electron chi connectivity index (χ1n) is 5.18. The Bertz CT molecular complexity index is 700. The van der Waals surface area contributed by atoms with Gasteiger partial charge in [-0.25, -0.2) is 12.8 Å². The molecule has 4 nitrogen and oxygen atoms in total. The molecule has 0 saturated carbocycles. The van der Waals surface area contributed by atoms with E-state index in [0.29, 0.717) is 0 Å². The minimum Gasteiger partial charge on any atom is -0.326 e. The van der Waals surface area contributed by atoms with Gasteiger partial charge in [-0.1, -0.05) is 11.6 Å². The van der Waals surface area contributed by atoms with Crippen LogP contribution in [0.4, 0.5) is 10.1 Å². The molecule has 0 atom stereocenters. The maximum absolute atomic E-state index is 13.2. The summed E-state index contributed by atoms with van der Waals surface area (Å²) in [6.07, 6.45) is 0. The third-order valence-electron chi connectivity index (χ3n) is 2.30. The zero-order valence-electron chi connectivity index (χ0n) is 9.56. The molecule has 2 rings (SSSR count). The molecule has 102 valence electrons. The maximum Gasteiger partial charge on any atom is 0.271 e. The number of sulfonamides is 1. The van der Waals surface area contributed by atoms with Crippen LogP contribution in [0, 0.1) is 5.82 Å². The van der Waals surface area contributed by atoms with E-state index in [2.05, 4.69) is 4.72 Å². The second-order valence-electron chi connectivity index (χ2n) is 3.71. The molecule has 0 saturated heterocycles. The number of rotatable bonds is 4. The molecule has 0 radical (unpaired) electrons. The van der Waals surface area contributed by atoms with Gasteiger partial charge in [-0.05, 0) is 35.2 Å². The van der Waals surface area contributed by atoms with Crippen molar-refractivity contribution in [3.63, 3.8) is 0 Å². The fourth-order valence-electron chi connectivity index (χ4n) is 1.37. The summed E-state index contributed by atoms with van der Waals surface area (Å²) >= 11 is 6.58. The minimum absolute atomic E-state index is 0.0653. The summed E-state index contributed by atoms with van der Waals surface area (Å²) in [5.74, 6) is -0.685. The van der Waals surface area contributed by atoms with Gasteiger partial charge in [-0.3, -0.25) is 4.72 Å². The Morgan fingerprint density at radius 2 is 2.11 bits per heavy atom. The summed E-state index contributed by atoms with van der Waals surface area (Å²) in [7, 11) is -3.73. The van der Waals surface area contributed by atoms with E-state index >= 15 is 0 Å². The van der Waals surface area contributed by atoms with Crippen molar-refractivity contribution in [3.05, 3.63) is 46.0 Å². The van der Waals surface area contributed by atoms with Gasteiger partial charge < -0.3 is 5.73 Å². The van der Waals surface area contributed by atoms with Crippen LogP contribution in [0.3, 0.4) is 0 Å². The van der Waals surface area contributed by atoms with Crippen LogP contribution in [0.1, 0.15) is 5.56 Å². The van der Waals surface area contributed by atoms with E-state index in [1.54, 1.807) is 5.38 Å². The lowest BCUT2D eigenvalue weighted by molar-refractivity contribution is 0.603. The van der Waals surface area contributed by atoms with Gasteiger partial charge in [0, 0.05) is 6.54 Å². The van der Waals surface area contributed by atoms with E-state index in [1.165, 1.54) is 18.2 Å². The average Bonchev–Trinajstić information content (AvgIpc) is 2.83. The molecule has 1 heterocycles. The van der Waals surface area contributed by atoms with Crippen molar-refractivity contribution in [2.24, 2.45) is 5.73 Å². The molecule has 0 spiro atoms. The van der Waals surface area contributed by atoms with Crippen LogP contribution in [0.15, 0.2) is 33.9 Å². The quantitative estimate of drug-likeness (QED) is 0.910. The molecule has 1 aromatic carbocycles. The van der Waals surface area contributed by atoms with Gasteiger partial charge in [-0.15, -0.1) is 11.3 Å². The van der Waals surface area contributed by atoms with Crippen LogP contribution < -0.4 is 10.5 Å².